The highest BCUT2D eigenvalue weighted by Crippen LogP contribution is 2.25. The maximum absolute atomic E-state index is 10.9. The van der Waals surface area contributed by atoms with Gasteiger partial charge in [0.2, 0.25) is 11.7 Å². The van der Waals surface area contributed by atoms with Crippen LogP contribution in [-0.4, -0.2) is 28.2 Å². The van der Waals surface area contributed by atoms with Crippen molar-refractivity contribution in [1.82, 2.24) is 15.5 Å². The number of nitrogens with one attached hydrogen (secondary N) is 1. The first kappa shape index (κ1) is 15.1. The lowest BCUT2D eigenvalue weighted by molar-refractivity contribution is -0.384. The van der Waals surface area contributed by atoms with Crippen molar-refractivity contribution in [3.05, 3.63) is 39.8 Å². The van der Waals surface area contributed by atoms with E-state index in [9.17, 15) is 10.1 Å². The molecule has 1 atom stereocenters. The summed E-state index contributed by atoms with van der Waals surface area (Å²) in [6, 6.07) is 4.89. The van der Waals surface area contributed by atoms with Crippen molar-refractivity contribution >= 4 is 5.69 Å². The molecule has 1 unspecified atom stereocenters. The highest BCUT2D eigenvalue weighted by atomic mass is 16.6. The Morgan fingerprint density at radius 1 is 1.48 bits per heavy atom. The zero-order valence-electron chi connectivity index (χ0n) is 12.3. The summed E-state index contributed by atoms with van der Waals surface area (Å²) in [6.45, 7) is 3.93. The third kappa shape index (κ3) is 3.43. The third-order valence-corrected chi connectivity index (χ3v) is 3.46. The molecule has 7 heteroatoms. The Balaban J connectivity index is 2.29. The van der Waals surface area contributed by atoms with Crippen molar-refractivity contribution in [2.75, 3.05) is 7.05 Å². The Morgan fingerprint density at radius 2 is 2.24 bits per heavy atom. The van der Waals surface area contributed by atoms with E-state index in [1.807, 2.05) is 14.0 Å². The number of benzene rings is 1. The van der Waals surface area contributed by atoms with Gasteiger partial charge in [-0.2, -0.15) is 4.98 Å². The lowest BCUT2D eigenvalue weighted by atomic mass is 10.1. The molecule has 0 aliphatic rings. The van der Waals surface area contributed by atoms with Crippen molar-refractivity contribution in [2.24, 2.45) is 0 Å². The zero-order chi connectivity index (χ0) is 15.4. The number of nitro benzene ring substituents is 1. The highest BCUT2D eigenvalue weighted by Gasteiger charge is 2.16. The SMILES string of the molecule is CCC(Cc1nc(-c2cc([N+](=O)[O-])ccc2C)no1)NC. The van der Waals surface area contributed by atoms with Gasteiger partial charge in [0.25, 0.3) is 5.69 Å². The van der Waals surface area contributed by atoms with Gasteiger partial charge in [0, 0.05) is 30.2 Å². The standard InChI is InChI=1S/C14H18N4O3/c1-4-10(15-3)7-13-16-14(17-21-13)12-8-11(18(19)20)6-5-9(12)2/h5-6,8,10,15H,4,7H2,1-3H3. The Labute approximate surface area is 122 Å². The number of nitro groups is 1. The van der Waals surface area contributed by atoms with Crippen molar-refractivity contribution in [1.29, 1.82) is 0 Å². The summed E-state index contributed by atoms with van der Waals surface area (Å²) in [5, 5.41) is 18.0. The van der Waals surface area contributed by atoms with E-state index in [4.69, 9.17) is 4.52 Å². The van der Waals surface area contributed by atoms with Crippen LogP contribution in [0.5, 0.6) is 0 Å². The van der Waals surface area contributed by atoms with Crippen molar-refractivity contribution in [3.8, 4) is 11.4 Å². The number of aromatic nitrogens is 2. The van der Waals surface area contributed by atoms with Gasteiger partial charge in [0.15, 0.2) is 0 Å². The van der Waals surface area contributed by atoms with Crippen LogP contribution in [0.2, 0.25) is 0 Å². The Kier molecular flexibility index (Phi) is 4.64. The summed E-state index contributed by atoms with van der Waals surface area (Å²) in [5.41, 5.74) is 1.51. The fraction of sp³-hybridized carbons (Fsp3) is 0.429. The van der Waals surface area contributed by atoms with Gasteiger partial charge in [-0.05, 0) is 26.0 Å². The van der Waals surface area contributed by atoms with E-state index in [0.29, 0.717) is 23.7 Å². The molecule has 0 spiro atoms. The number of hydrogen-bond acceptors (Lipinski definition) is 6. The highest BCUT2D eigenvalue weighted by molar-refractivity contribution is 5.63. The molecule has 1 heterocycles. The minimum absolute atomic E-state index is 0.0172. The van der Waals surface area contributed by atoms with Gasteiger partial charge in [-0.15, -0.1) is 0 Å². The average Bonchev–Trinajstić information content (AvgIpc) is 2.93. The molecule has 0 saturated heterocycles. The summed E-state index contributed by atoms with van der Waals surface area (Å²) >= 11 is 0. The second-order valence-electron chi connectivity index (χ2n) is 4.87. The van der Waals surface area contributed by atoms with E-state index in [0.717, 1.165) is 12.0 Å². The van der Waals surface area contributed by atoms with Gasteiger partial charge in [0.05, 0.1) is 4.92 Å². The van der Waals surface area contributed by atoms with Gasteiger partial charge >= 0.3 is 0 Å². The van der Waals surface area contributed by atoms with Crippen LogP contribution in [0.3, 0.4) is 0 Å². The van der Waals surface area contributed by atoms with Crippen molar-refractivity contribution in [3.63, 3.8) is 0 Å². The fourth-order valence-electron chi connectivity index (χ4n) is 2.07. The number of aryl methyl sites for hydroxylation is 1. The number of rotatable bonds is 6. The summed E-state index contributed by atoms with van der Waals surface area (Å²) in [5.74, 6) is 0.911. The molecule has 1 aromatic carbocycles. The van der Waals surface area contributed by atoms with Crippen LogP contribution in [0, 0.1) is 17.0 Å². The first-order valence-corrected chi connectivity index (χ1v) is 6.80. The van der Waals surface area contributed by atoms with Crippen LogP contribution in [0.4, 0.5) is 5.69 Å². The predicted molar refractivity (Wildman–Crippen MR) is 78.0 cm³/mol. The Hall–Kier alpha value is -2.28. The van der Waals surface area contributed by atoms with Crippen LogP contribution >= 0.6 is 0 Å². The lowest BCUT2D eigenvalue weighted by Crippen LogP contribution is -2.26. The summed E-state index contributed by atoms with van der Waals surface area (Å²) < 4.78 is 5.24. The molecule has 0 aliphatic heterocycles. The van der Waals surface area contributed by atoms with Gasteiger partial charge in [-0.1, -0.05) is 18.1 Å². The largest absolute Gasteiger partial charge is 0.339 e. The Morgan fingerprint density at radius 3 is 2.86 bits per heavy atom. The number of nitrogens with zero attached hydrogens (tertiary/aromatic N) is 3. The van der Waals surface area contributed by atoms with Crippen LogP contribution in [0.15, 0.2) is 22.7 Å². The quantitative estimate of drug-likeness (QED) is 0.649. The average molecular weight is 290 g/mol. The normalized spacial score (nSPS) is 12.3. The number of hydrogen-bond donors (Lipinski definition) is 1. The minimum Gasteiger partial charge on any atom is -0.339 e. The summed E-state index contributed by atoms with van der Waals surface area (Å²) in [7, 11) is 1.89. The smallest absolute Gasteiger partial charge is 0.270 e. The third-order valence-electron chi connectivity index (χ3n) is 3.46. The molecule has 7 nitrogen and oxygen atoms in total. The molecule has 112 valence electrons. The second kappa shape index (κ2) is 6.45. The molecule has 2 rings (SSSR count). The predicted octanol–water partition coefficient (Wildman–Crippen LogP) is 2.49. The molecule has 21 heavy (non-hydrogen) atoms. The number of likely N-dealkylation sites (N-methyl/N-ethyl adjacent to an activating group) is 1. The molecule has 1 N–H and O–H groups in total. The minimum atomic E-state index is -0.432. The molecule has 0 radical (unpaired) electrons. The van der Waals surface area contributed by atoms with E-state index in [1.165, 1.54) is 12.1 Å². The van der Waals surface area contributed by atoms with Crippen LogP contribution in [0.1, 0.15) is 24.8 Å². The van der Waals surface area contributed by atoms with Crippen LogP contribution < -0.4 is 5.32 Å². The van der Waals surface area contributed by atoms with Gasteiger partial charge < -0.3 is 9.84 Å². The van der Waals surface area contributed by atoms with Gasteiger partial charge in [0.1, 0.15) is 0 Å². The molecule has 0 saturated carbocycles. The van der Waals surface area contributed by atoms with Crippen LogP contribution in [0.25, 0.3) is 11.4 Å². The Bertz CT molecular complexity index is 635. The van der Waals surface area contributed by atoms with Gasteiger partial charge in [-0.3, -0.25) is 10.1 Å². The fourth-order valence-corrected chi connectivity index (χ4v) is 2.07. The van der Waals surface area contributed by atoms with E-state index in [1.54, 1.807) is 6.07 Å². The number of non-ortho nitro benzene ring substituents is 1. The molecular formula is C14H18N4O3. The molecule has 0 bridgehead atoms. The van der Waals surface area contributed by atoms with Gasteiger partial charge in [-0.25, -0.2) is 0 Å². The molecular weight excluding hydrogens is 272 g/mol. The van der Waals surface area contributed by atoms with E-state index < -0.39 is 4.92 Å². The van der Waals surface area contributed by atoms with E-state index in [2.05, 4.69) is 22.4 Å². The maximum Gasteiger partial charge on any atom is 0.270 e. The van der Waals surface area contributed by atoms with Crippen molar-refractivity contribution in [2.45, 2.75) is 32.7 Å². The topological polar surface area (TPSA) is 94.1 Å². The second-order valence-corrected chi connectivity index (χ2v) is 4.87. The molecule has 0 amide bonds. The molecule has 1 aromatic heterocycles. The van der Waals surface area contributed by atoms with E-state index >= 15 is 0 Å². The van der Waals surface area contributed by atoms with Crippen molar-refractivity contribution < 1.29 is 9.45 Å². The molecule has 0 aliphatic carbocycles. The maximum atomic E-state index is 10.9. The molecule has 0 fully saturated rings. The summed E-state index contributed by atoms with van der Waals surface area (Å²) in [6.07, 6.45) is 1.58. The summed E-state index contributed by atoms with van der Waals surface area (Å²) in [4.78, 5) is 14.8. The monoisotopic (exact) mass is 290 g/mol. The lowest BCUT2D eigenvalue weighted by Gasteiger charge is -2.09. The van der Waals surface area contributed by atoms with E-state index in [-0.39, 0.29) is 11.7 Å². The molecule has 2 aromatic rings. The van der Waals surface area contributed by atoms with Crippen LogP contribution in [-0.2, 0) is 6.42 Å². The first-order valence-electron chi connectivity index (χ1n) is 6.80. The zero-order valence-corrected chi connectivity index (χ0v) is 12.3. The first-order chi connectivity index (χ1) is 10.0.